The van der Waals surface area contributed by atoms with Crippen molar-refractivity contribution in [1.29, 1.82) is 0 Å². The maximum atomic E-state index is 12.8. The molecule has 1 aromatic carbocycles. The Labute approximate surface area is 127 Å². The smallest absolute Gasteiger partial charge is 0.416 e. The number of halogens is 3. The number of carbonyl (C=O) groups excluding carboxylic acids is 1. The highest BCUT2D eigenvalue weighted by Crippen LogP contribution is 2.32. The molecule has 0 fully saturated rings. The SMILES string of the molecule is C[C@H](O)Cc1ccc(C(F)(F)F)cc1NC(=O)OC(C)(C)C. The molecular formula is C15H20F3NO3. The van der Waals surface area contributed by atoms with Crippen molar-refractivity contribution in [3.8, 4) is 0 Å². The van der Waals surface area contributed by atoms with Gasteiger partial charge in [-0.3, -0.25) is 5.32 Å². The van der Waals surface area contributed by atoms with E-state index in [-0.39, 0.29) is 12.1 Å². The lowest BCUT2D eigenvalue weighted by molar-refractivity contribution is -0.137. The summed E-state index contributed by atoms with van der Waals surface area (Å²) in [4.78, 5) is 11.7. The van der Waals surface area contributed by atoms with Crippen LogP contribution >= 0.6 is 0 Å². The number of carbonyl (C=O) groups is 1. The van der Waals surface area contributed by atoms with Gasteiger partial charge in [-0.2, -0.15) is 13.2 Å². The van der Waals surface area contributed by atoms with Gasteiger partial charge in [0.05, 0.1) is 11.7 Å². The Kier molecular flexibility index (Phi) is 5.45. The predicted molar refractivity (Wildman–Crippen MR) is 76.7 cm³/mol. The highest BCUT2D eigenvalue weighted by molar-refractivity contribution is 5.86. The van der Waals surface area contributed by atoms with Gasteiger partial charge in [-0.25, -0.2) is 4.79 Å². The number of anilines is 1. The van der Waals surface area contributed by atoms with Gasteiger partial charge in [0, 0.05) is 12.1 Å². The number of hydrogen-bond acceptors (Lipinski definition) is 3. The van der Waals surface area contributed by atoms with Crippen LogP contribution in [0.4, 0.5) is 23.7 Å². The van der Waals surface area contributed by atoms with Crippen LogP contribution in [-0.2, 0) is 17.3 Å². The third-order valence-corrected chi connectivity index (χ3v) is 2.59. The lowest BCUT2D eigenvalue weighted by Crippen LogP contribution is -2.27. The van der Waals surface area contributed by atoms with E-state index in [4.69, 9.17) is 4.74 Å². The van der Waals surface area contributed by atoms with Gasteiger partial charge in [0.25, 0.3) is 0 Å². The molecule has 1 amide bonds. The number of alkyl halides is 3. The van der Waals surface area contributed by atoms with E-state index < -0.39 is 29.5 Å². The van der Waals surface area contributed by atoms with Crippen LogP contribution in [-0.4, -0.2) is 22.9 Å². The van der Waals surface area contributed by atoms with E-state index in [9.17, 15) is 23.1 Å². The molecular weight excluding hydrogens is 299 g/mol. The van der Waals surface area contributed by atoms with Crippen molar-refractivity contribution >= 4 is 11.8 Å². The van der Waals surface area contributed by atoms with Crippen LogP contribution in [0, 0.1) is 0 Å². The molecule has 0 heterocycles. The summed E-state index contributed by atoms with van der Waals surface area (Å²) in [5.41, 5.74) is -1.28. The Morgan fingerprint density at radius 2 is 1.91 bits per heavy atom. The summed E-state index contributed by atoms with van der Waals surface area (Å²) in [6.07, 6.45) is -6.01. The van der Waals surface area contributed by atoms with Crippen molar-refractivity contribution in [1.82, 2.24) is 0 Å². The maximum absolute atomic E-state index is 12.8. The lowest BCUT2D eigenvalue weighted by Gasteiger charge is -2.21. The zero-order chi connectivity index (χ0) is 17.1. The minimum atomic E-state index is -4.52. The van der Waals surface area contributed by atoms with E-state index in [2.05, 4.69) is 5.32 Å². The van der Waals surface area contributed by atoms with E-state index in [0.29, 0.717) is 5.56 Å². The highest BCUT2D eigenvalue weighted by Gasteiger charge is 2.31. The van der Waals surface area contributed by atoms with Crippen LogP contribution in [0.2, 0.25) is 0 Å². The molecule has 22 heavy (non-hydrogen) atoms. The van der Waals surface area contributed by atoms with Crippen molar-refractivity contribution in [2.75, 3.05) is 5.32 Å². The monoisotopic (exact) mass is 319 g/mol. The summed E-state index contributed by atoms with van der Waals surface area (Å²) in [6.45, 7) is 6.45. The molecule has 0 aliphatic rings. The Morgan fingerprint density at radius 1 is 1.32 bits per heavy atom. The molecule has 0 saturated carbocycles. The number of amides is 1. The van der Waals surface area contributed by atoms with Crippen LogP contribution in [0.3, 0.4) is 0 Å². The number of ether oxygens (including phenoxy) is 1. The summed E-state index contributed by atoms with van der Waals surface area (Å²) >= 11 is 0. The average molecular weight is 319 g/mol. The fraction of sp³-hybridized carbons (Fsp3) is 0.533. The Hall–Kier alpha value is -1.76. The Bertz CT molecular complexity index is 534. The molecule has 0 radical (unpaired) electrons. The van der Waals surface area contributed by atoms with Gasteiger partial charge in [-0.15, -0.1) is 0 Å². The topological polar surface area (TPSA) is 58.6 Å². The van der Waals surface area contributed by atoms with Crippen LogP contribution in [0.15, 0.2) is 18.2 Å². The predicted octanol–water partition coefficient (Wildman–Crippen LogP) is 3.98. The molecule has 7 heteroatoms. The van der Waals surface area contributed by atoms with Crippen molar-refractivity contribution in [2.45, 2.75) is 52.0 Å². The second-order valence-corrected chi connectivity index (χ2v) is 6.05. The summed E-state index contributed by atoms with van der Waals surface area (Å²) in [6, 6.07) is 2.99. The van der Waals surface area contributed by atoms with Gasteiger partial charge < -0.3 is 9.84 Å². The van der Waals surface area contributed by atoms with Gasteiger partial charge in [0.1, 0.15) is 5.60 Å². The third kappa shape index (κ3) is 5.93. The van der Waals surface area contributed by atoms with E-state index in [1.165, 1.54) is 13.0 Å². The summed E-state index contributed by atoms with van der Waals surface area (Å²) in [5, 5.41) is 11.7. The zero-order valence-electron chi connectivity index (χ0n) is 12.9. The van der Waals surface area contributed by atoms with Gasteiger partial charge in [0.15, 0.2) is 0 Å². The fourth-order valence-corrected chi connectivity index (χ4v) is 1.78. The van der Waals surface area contributed by atoms with Crippen molar-refractivity contribution < 1.29 is 27.8 Å². The molecule has 0 aromatic heterocycles. The minimum Gasteiger partial charge on any atom is -0.444 e. The van der Waals surface area contributed by atoms with Crippen molar-refractivity contribution in [2.24, 2.45) is 0 Å². The van der Waals surface area contributed by atoms with Crippen LogP contribution in [0.25, 0.3) is 0 Å². The molecule has 0 bridgehead atoms. The highest BCUT2D eigenvalue weighted by atomic mass is 19.4. The largest absolute Gasteiger partial charge is 0.444 e. The van der Waals surface area contributed by atoms with Crippen LogP contribution < -0.4 is 5.32 Å². The molecule has 0 aliphatic carbocycles. The first-order valence-electron chi connectivity index (χ1n) is 6.76. The van der Waals surface area contributed by atoms with Gasteiger partial charge in [0.2, 0.25) is 0 Å². The summed E-state index contributed by atoms with van der Waals surface area (Å²) in [7, 11) is 0. The Morgan fingerprint density at radius 3 is 2.36 bits per heavy atom. The molecule has 124 valence electrons. The van der Waals surface area contributed by atoms with Gasteiger partial charge in [-0.05, 0) is 45.4 Å². The van der Waals surface area contributed by atoms with Gasteiger partial charge in [-0.1, -0.05) is 6.07 Å². The summed E-state index contributed by atoms with van der Waals surface area (Å²) < 4.78 is 43.4. The number of aliphatic hydroxyl groups excluding tert-OH is 1. The molecule has 0 aliphatic heterocycles. The van der Waals surface area contributed by atoms with Crippen molar-refractivity contribution in [3.63, 3.8) is 0 Å². The number of rotatable bonds is 3. The molecule has 0 unspecified atom stereocenters. The van der Waals surface area contributed by atoms with Crippen molar-refractivity contribution in [3.05, 3.63) is 29.3 Å². The van der Waals surface area contributed by atoms with E-state index in [1.54, 1.807) is 20.8 Å². The standard InChI is InChI=1S/C15H20F3NO3/c1-9(20)7-10-5-6-11(15(16,17)18)8-12(10)19-13(21)22-14(2,3)4/h5-6,8-9,20H,7H2,1-4H3,(H,19,21)/t9-/m0/s1. The number of aliphatic hydroxyl groups is 1. The average Bonchev–Trinajstić information content (AvgIpc) is 2.26. The summed E-state index contributed by atoms with van der Waals surface area (Å²) in [5.74, 6) is 0. The molecule has 2 N–H and O–H groups in total. The molecule has 0 spiro atoms. The molecule has 4 nitrogen and oxygen atoms in total. The zero-order valence-corrected chi connectivity index (χ0v) is 12.9. The quantitative estimate of drug-likeness (QED) is 0.886. The number of hydrogen-bond donors (Lipinski definition) is 2. The molecule has 1 aromatic rings. The number of nitrogens with one attached hydrogen (secondary N) is 1. The first kappa shape index (κ1) is 18.3. The van der Waals surface area contributed by atoms with E-state index in [0.717, 1.165) is 12.1 Å². The lowest BCUT2D eigenvalue weighted by atomic mass is 10.0. The normalized spacial score (nSPS) is 13.6. The minimum absolute atomic E-state index is 0.0232. The molecule has 1 atom stereocenters. The van der Waals surface area contributed by atoms with Crippen LogP contribution in [0.5, 0.6) is 0 Å². The number of benzene rings is 1. The third-order valence-electron chi connectivity index (χ3n) is 2.59. The second-order valence-electron chi connectivity index (χ2n) is 6.05. The maximum Gasteiger partial charge on any atom is 0.416 e. The van der Waals surface area contributed by atoms with E-state index >= 15 is 0 Å². The second kappa shape index (κ2) is 6.56. The van der Waals surface area contributed by atoms with Gasteiger partial charge >= 0.3 is 12.3 Å². The fourth-order valence-electron chi connectivity index (χ4n) is 1.78. The first-order chi connectivity index (χ1) is 9.88. The Balaban J connectivity index is 3.09. The molecule has 1 rings (SSSR count). The first-order valence-corrected chi connectivity index (χ1v) is 6.76. The molecule has 0 saturated heterocycles. The van der Waals surface area contributed by atoms with Crippen LogP contribution in [0.1, 0.15) is 38.8 Å². The van der Waals surface area contributed by atoms with E-state index in [1.807, 2.05) is 0 Å².